The highest BCUT2D eigenvalue weighted by Crippen LogP contribution is 2.33. The quantitative estimate of drug-likeness (QED) is 0.630. The molecule has 2 heteroatoms. The summed E-state index contributed by atoms with van der Waals surface area (Å²) in [5.74, 6) is 6.54. The van der Waals surface area contributed by atoms with Crippen molar-refractivity contribution in [3.63, 3.8) is 0 Å². The van der Waals surface area contributed by atoms with E-state index in [1.165, 1.54) is 0 Å². The van der Waals surface area contributed by atoms with Crippen molar-refractivity contribution < 1.29 is 9.53 Å². The van der Waals surface area contributed by atoms with Crippen molar-refractivity contribution in [1.29, 1.82) is 0 Å². The molecular formula is C15H12O2. The van der Waals surface area contributed by atoms with Crippen molar-refractivity contribution in [3.8, 4) is 11.8 Å². The van der Waals surface area contributed by atoms with Gasteiger partial charge in [-0.05, 0) is 17.7 Å². The number of ketones is 1. The van der Waals surface area contributed by atoms with Crippen LogP contribution in [0.25, 0.3) is 0 Å². The molecule has 1 heterocycles. The summed E-state index contributed by atoms with van der Waals surface area (Å²) >= 11 is 0. The van der Waals surface area contributed by atoms with Crippen LogP contribution in [-0.2, 0) is 9.53 Å². The number of carbonyl (C=O) groups is 1. The molecule has 0 saturated carbocycles. The van der Waals surface area contributed by atoms with Gasteiger partial charge in [0.25, 0.3) is 0 Å². The van der Waals surface area contributed by atoms with Crippen LogP contribution in [0.15, 0.2) is 41.5 Å². The van der Waals surface area contributed by atoms with Crippen molar-refractivity contribution >= 4 is 5.78 Å². The number of hydrogen-bond donors (Lipinski definition) is 0. The molecule has 0 bridgehead atoms. The highest BCUT2D eigenvalue weighted by Gasteiger charge is 2.35. The van der Waals surface area contributed by atoms with Gasteiger partial charge in [-0.1, -0.05) is 30.0 Å². The van der Waals surface area contributed by atoms with Crippen LogP contribution in [0.5, 0.6) is 0 Å². The summed E-state index contributed by atoms with van der Waals surface area (Å²) in [6, 6.07) is 9.73. The Morgan fingerprint density at radius 1 is 1.18 bits per heavy atom. The first-order valence-corrected chi connectivity index (χ1v) is 5.75. The maximum Gasteiger partial charge on any atom is 0.171 e. The third-order valence-corrected chi connectivity index (χ3v) is 3.21. The maximum absolute atomic E-state index is 11.8. The molecule has 0 radical (unpaired) electrons. The van der Waals surface area contributed by atoms with Gasteiger partial charge < -0.3 is 4.74 Å². The van der Waals surface area contributed by atoms with Crippen LogP contribution < -0.4 is 0 Å². The predicted molar refractivity (Wildman–Crippen MR) is 64.3 cm³/mol. The Balaban J connectivity index is 1.93. The molecular weight excluding hydrogens is 212 g/mol. The Kier molecular flexibility index (Phi) is 2.55. The normalized spacial score (nSPS) is 22.4. The minimum Gasteiger partial charge on any atom is -0.376 e. The summed E-state index contributed by atoms with van der Waals surface area (Å²) in [6.45, 7) is 1.26. The predicted octanol–water partition coefficient (Wildman–Crippen LogP) is 1.95. The van der Waals surface area contributed by atoms with Gasteiger partial charge in [0.2, 0.25) is 0 Å². The summed E-state index contributed by atoms with van der Waals surface area (Å²) in [7, 11) is 0. The topological polar surface area (TPSA) is 26.3 Å². The van der Waals surface area contributed by atoms with E-state index in [0.29, 0.717) is 31.1 Å². The Morgan fingerprint density at radius 3 is 2.82 bits per heavy atom. The van der Waals surface area contributed by atoms with Gasteiger partial charge in [-0.3, -0.25) is 4.79 Å². The SMILES string of the molecule is O=C1CC2COCC2=C1C#Cc1ccccc1. The van der Waals surface area contributed by atoms with E-state index < -0.39 is 0 Å². The number of Topliss-reactive ketones (excluding diaryl/α,β-unsaturated/α-hetero) is 1. The monoisotopic (exact) mass is 224 g/mol. The summed E-state index contributed by atoms with van der Waals surface area (Å²) in [6.07, 6.45) is 0.578. The van der Waals surface area contributed by atoms with Gasteiger partial charge >= 0.3 is 0 Å². The lowest BCUT2D eigenvalue weighted by molar-refractivity contribution is -0.115. The third-order valence-electron chi connectivity index (χ3n) is 3.21. The molecule has 3 rings (SSSR count). The fourth-order valence-electron chi connectivity index (χ4n) is 2.30. The van der Waals surface area contributed by atoms with E-state index in [-0.39, 0.29) is 5.78 Å². The number of allylic oxidation sites excluding steroid dienone is 1. The Bertz CT molecular complexity index is 543. The number of carbonyl (C=O) groups excluding carboxylic acids is 1. The number of ether oxygens (including phenoxy) is 1. The largest absolute Gasteiger partial charge is 0.376 e. The number of benzene rings is 1. The fourth-order valence-corrected chi connectivity index (χ4v) is 2.30. The second-order valence-electron chi connectivity index (χ2n) is 4.36. The Hall–Kier alpha value is -1.85. The highest BCUT2D eigenvalue weighted by atomic mass is 16.5. The van der Waals surface area contributed by atoms with Gasteiger partial charge in [-0.15, -0.1) is 0 Å². The molecule has 1 fully saturated rings. The van der Waals surface area contributed by atoms with Gasteiger partial charge in [0, 0.05) is 17.9 Å². The van der Waals surface area contributed by atoms with E-state index in [0.717, 1.165) is 11.1 Å². The zero-order valence-corrected chi connectivity index (χ0v) is 9.40. The van der Waals surface area contributed by atoms with Crippen LogP contribution in [-0.4, -0.2) is 19.0 Å². The van der Waals surface area contributed by atoms with Crippen LogP contribution >= 0.6 is 0 Å². The van der Waals surface area contributed by atoms with Crippen LogP contribution in [0.2, 0.25) is 0 Å². The molecule has 1 aliphatic carbocycles. The second-order valence-corrected chi connectivity index (χ2v) is 4.36. The van der Waals surface area contributed by atoms with E-state index in [1.54, 1.807) is 0 Å². The molecule has 2 nitrogen and oxygen atoms in total. The maximum atomic E-state index is 11.8. The highest BCUT2D eigenvalue weighted by molar-refractivity contribution is 6.03. The molecule has 1 atom stereocenters. The molecule has 0 N–H and O–H groups in total. The van der Waals surface area contributed by atoms with Crippen LogP contribution in [0, 0.1) is 17.8 Å². The zero-order chi connectivity index (χ0) is 11.7. The van der Waals surface area contributed by atoms with Crippen molar-refractivity contribution in [3.05, 3.63) is 47.0 Å². The van der Waals surface area contributed by atoms with E-state index in [9.17, 15) is 4.79 Å². The minimum absolute atomic E-state index is 0.178. The number of rotatable bonds is 0. The van der Waals surface area contributed by atoms with E-state index in [2.05, 4.69) is 11.8 Å². The van der Waals surface area contributed by atoms with Crippen LogP contribution in [0.4, 0.5) is 0 Å². The third kappa shape index (κ3) is 1.90. The molecule has 1 aliphatic heterocycles. The van der Waals surface area contributed by atoms with Gasteiger partial charge in [-0.25, -0.2) is 0 Å². The molecule has 0 aromatic heterocycles. The lowest BCUT2D eigenvalue weighted by atomic mass is 10.1. The van der Waals surface area contributed by atoms with Crippen molar-refractivity contribution in [2.24, 2.45) is 5.92 Å². The molecule has 0 amide bonds. The molecule has 1 aromatic carbocycles. The first kappa shape index (κ1) is 10.3. The smallest absolute Gasteiger partial charge is 0.171 e. The second kappa shape index (κ2) is 4.20. The summed E-state index contributed by atoms with van der Waals surface area (Å²) in [4.78, 5) is 11.8. The van der Waals surface area contributed by atoms with Crippen molar-refractivity contribution in [1.82, 2.24) is 0 Å². The molecule has 1 saturated heterocycles. The number of fused-ring (bicyclic) bond motifs is 1. The first-order valence-electron chi connectivity index (χ1n) is 5.75. The van der Waals surface area contributed by atoms with E-state index in [4.69, 9.17) is 4.74 Å². The minimum atomic E-state index is 0.178. The van der Waals surface area contributed by atoms with Crippen LogP contribution in [0.1, 0.15) is 12.0 Å². The number of hydrogen-bond acceptors (Lipinski definition) is 2. The zero-order valence-electron chi connectivity index (χ0n) is 9.40. The van der Waals surface area contributed by atoms with Crippen LogP contribution in [0.3, 0.4) is 0 Å². The fraction of sp³-hybridized carbons (Fsp3) is 0.267. The van der Waals surface area contributed by atoms with Gasteiger partial charge in [0.05, 0.1) is 18.8 Å². The molecule has 1 unspecified atom stereocenters. The molecule has 0 spiro atoms. The Labute approximate surface area is 100 Å². The lowest BCUT2D eigenvalue weighted by Gasteiger charge is -1.95. The first-order chi connectivity index (χ1) is 8.34. The van der Waals surface area contributed by atoms with Crippen molar-refractivity contribution in [2.75, 3.05) is 13.2 Å². The van der Waals surface area contributed by atoms with Crippen molar-refractivity contribution in [2.45, 2.75) is 6.42 Å². The van der Waals surface area contributed by atoms with Gasteiger partial charge in [-0.2, -0.15) is 0 Å². The molecule has 84 valence electrons. The standard InChI is InChI=1S/C15H12O2/c16-15-8-12-9-17-10-14(12)13(15)7-6-11-4-2-1-3-5-11/h1-5,12H,8-10H2. The molecule has 1 aromatic rings. The molecule has 17 heavy (non-hydrogen) atoms. The van der Waals surface area contributed by atoms with E-state index in [1.807, 2.05) is 30.3 Å². The average molecular weight is 224 g/mol. The Morgan fingerprint density at radius 2 is 2.00 bits per heavy atom. The average Bonchev–Trinajstić information content (AvgIpc) is 2.89. The lowest BCUT2D eigenvalue weighted by Crippen LogP contribution is -2.00. The van der Waals surface area contributed by atoms with Gasteiger partial charge in [0.15, 0.2) is 5.78 Å². The summed E-state index contributed by atoms with van der Waals surface area (Å²) in [5.41, 5.74) is 2.74. The molecule has 2 aliphatic rings. The van der Waals surface area contributed by atoms with E-state index >= 15 is 0 Å². The van der Waals surface area contributed by atoms with Gasteiger partial charge in [0.1, 0.15) is 0 Å². The summed E-state index contributed by atoms with van der Waals surface area (Å²) in [5, 5.41) is 0. The summed E-state index contributed by atoms with van der Waals surface area (Å²) < 4.78 is 5.36.